The Morgan fingerprint density at radius 3 is 2.66 bits per heavy atom. The van der Waals surface area contributed by atoms with Gasteiger partial charge in [0.05, 0.1) is 23.9 Å². The Labute approximate surface area is 162 Å². The van der Waals surface area contributed by atoms with Crippen LogP contribution in [0.1, 0.15) is 17.7 Å². The van der Waals surface area contributed by atoms with Crippen molar-refractivity contribution in [2.24, 2.45) is 7.05 Å². The first kappa shape index (κ1) is 20.6. The summed E-state index contributed by atoms with van der Waals surface area (Å²) >= 11 is 0. The van der Waals surface area contributed by atoms with Gasteiger partial charge in [-0.05, 0) is 24.3 Å². The van der Waals surface area contributed by atoms with Crippen molar-refractivity contribution in [3.05, 3.63) is 35.5 Å². The van der Waals surface area contributed by atoms with Crippen LogP contribution in [-0.2, 0) is 34.1 Å². The highest BCUT2D eigenvalue weighted by Crippen LogP contribution is 2.29. The number of alkyl halides is 3. The molecule has 9 nitrogen and oxygen atoms in total. The van der Waals surface area contributed by atoms with Crippen LogP contribution in [0.15, 0.2) is 28.8 Å². The summed E-state index contributed by atoms with van der Waals surface area (Å²) in [5.41, 5.74) is -0.500. The van der Waals surface area contributed by atoms with Gasteiger partial charge >= 0.3 is 6.18 Å². The molecule has 2 heterocycles. The maximum absolute atomic E-state index is 12.6. The topological polar surface area (TPSA) is 112 Å². The summed E-state index contributed by atoms with van der Waals surface area (Å²) in [6.07, 6.45) is -5.87. The molecule has 1 fully saturated rings. The number of hydrogen-bond acceptors (Lipinski definition) is 6. The minimum atomic E-state index is -4.47. The molecule has 1 atom stereocenters. The van der Waals surface area contributed by atoms with Crippen LogP contribution in [0.2, 0.25) is 0 Å². The highest BCUT2D eigenvalue weighted by molar-refractivity contribution is 5.95. The van der Waals surface area contributed by atoms with Crippen molar-refractivity contribution in [1.29, 1.82) is 0 Å². The lowest BCUT2D eigenvalue weighted by atomic mass is 10.1. The van der Waals surface area contributed by atoms with Crippen molar-refractivity contribution >= 4 is 17.5 Å². The molecule has 2 aromatic rings. The third-order valence-electron chi connectivity index (χ3n) is 4.35. The second-order valence-electron chi connectivity index (χ2n) is 6.38. The van der Waals surface area contributed by atoms with Gasteiger partial charge in [0.2, 0.25) is 5.91 Å². The fraction of sp³-hybridized carbons (Fsp3) is 0.412. The number of carbonyl (C=O) groups is 2. The predicted octanol–water partition coefficient (Wildman–Crippen LogP) is 0.348. The fourth-order valence-corrected chi connectivity index (χ4v) is 2.80. The molecular weight excluding hydrogens is 397 g/mol. The smallest absolute Gasteiger partial charge is 0.416 e. The lowest BCUT2D eigenvalue weighted by Crippen LogP contribution is -2.50. The number of aryl methyl sites for hydroxylation is 1. The van der Waals surface area contributed by atoms with Crippen LogP contribution in [0.4, 0.5) is 18.9 Å². The molecule has 0 spiro atoms. The van der Waals surface area contributed by atoms with Crippen LogP contribution in [0.3, 0.4) is 0 Å². The van der Waals surface area contributed by atoms with E-state index >= 15 is 0 Å². The Morgan fingerprint density at radius 1 is 1.38 bits per heavy atom. The molecule has 1 aliphatic rings. The van der Waals surface area contributed by atoms with Gasteiger partial charge in [0.25, 0.3) is 11.6 Å². The quantitative estimate of drug-likeness (QED) is 0.707. The van der Waals surface area contributed by atoms with Crippen LogP contribution in [-0.4, -0.2) is 41.2 Å². The zero-order chi connectivity index (χ0) is 21.2. The van der Waals surface area contributed by atoms with Crippen LogP contribution >= 0.6 is 0 Å². The number of rotatable bonds is 5. The Morgan fingerprint density at radius 2 is 2.07 bits per heavy atom. The molecule has 1 aliphatic heterocycles. The van der Waals surface area contributed by atoms with Gasteiger partial charge in [-0.15, -0.1) is 0 Å². The number of halogens is 3. The Kier molecular flexibility index (Phi) is 5.73. The number of ether oxygens (including phenoxy) is 1. The molecule has 3 rings (SSSR count). The van der Waals surface area contributed by atoms with Crippen LogP contribution in [0, 0.1) is 0 Å². The van der Waals surface area contributed by atoms with Crippen LogP contribution in [0.5, 0.6) is 5.95 Å². The summed E-state index contributed by atoms with van der Waals surface area (Å²) in [6.45, 7) is 0.339. The standard InChI is InChI=1S/C17H17F3N4O5/c1-23-12(16(27)29-22-23)9-24-6-7-28-13(15(24)26)8-14(25)21-11-4-2-10(3-5-11)17(18,19)20/h2-5,13H,6-9H2,1H3,(H-,21,22,25,27). The monoisotopic (exact) mass is 414 g/mol. The first-order valence-electron chi connectivity index (χ1n) is 8.54. The zero-order valence-corrected chi connectivity index (χ0v) is 15.2. The molecule has 1 saturated heterocycles. The number of nitrogens with one attached hydrogen (secondary N) is 1. The van der Waals surface area contributed by atoms with Gasteiger partial charge in [0, 0.05) is 12.2 Å². The van der Waals surface area contributed by atoms with E-state index in [0.29, 0.717) is 0 Å². The molecule has 156 valence electrons. The summed E-state index contributed by atoms with van der Waals surface area (Å²) in [5.74, 6) is -1.74. The second-order valence-corrected chi connectivity index (χ2v) is 6.38. The molecule has 1 aromatic heterocycles. The normalized spacial score (nSPS) is 17.4. The molecule has 0 saturated carbocycles. The molecule has 29 heavy (non-hydrogen) atoms. The number of benzene rings is 1. The van der Waals surface area contributed by atoms with E-state index in [1.807, 2.05) is 0 Å². The van der Waals surface area contributed by atoms with Gasteiger partial charge < -0.3 is 24.6 Å². The van der Waals surface area contributed by atoms with E-state index in [-0.39, 0.29) is 37.5 Å². The number of nitrogens with zero attached hydrogens (tertiary/aromatic N) is 3. The van der Waals surface area contributed by atoms with Gasteiger partial charge in [-0.1, -0.05) is 4.68 Å². The van der Waals surface area contributed by atoms with Crippen molar-refractivity contribution in [2.75, 3.05) is 18.5 Å². The number of anilines is 1. The van der Waals surface area contributed by atoms with Crippen LogP contribution < -0.4 is 15.1 Å². The molecule has 12 heteroatoms. The van der Waals surface area contributed by atoms with Crippen molar-refractivity contribution in [3.63, 3.8) is 0 Å². The molecule has 0 bridgehead atoms. The lowest BCUT2D eigenvalue weighted by Gasteiger charge is -2.31. The summed E-state index contributed by atoms with van der Waals surface area (Å²) in [5, 5.41) is 17.5. The van der Waals surface area contributed by atoms with Crippen molar-refractivity contribution < 1.29 is 41.8 Å². The SMILES string of the molecule is C[n+]1noc([O-])c1CN1CCOC(CC(=O)Nc2ccc(C(F)(F)F)cc2)C1=O. The van der Waals surface area contributed by atoms with Gasteiger partial charge in [-0.25, -0.2) is 0 Å². The van der Waals surface area contributed by atoms with Crippen LogP contribution in [0.25, 0.3) is 0 Å². The van der Waals surface area contributed by atoms with E-state index in [1.165, 1.54) is 16.6 Å². The lowest BCUT2D eigenvalue weighted by molar-refractivity contribution is -0.746. The number of carbonyl (C=O) groups excluding carboxylic acids is 2. The van der Waals surface area contributed by atoms with E-state index in [4.69, 9.17) is 4.74 Å². The van der Waals surface area contributed by atoms with E-state index in [2.05, 4.69) is 15.1 Å². The number of amides is 2. The summed E-state index contributed by atoms with van der Waals surface area (Å²) in [7, 11) is 1.50. The number of hydrogen-bond donors (Lipinski definition) is 1. The largest absolute Gasteiger partial charge is 0.539 e. The molecule has 1 unspecified atom stereocenters. The third-order valence-corrected chi connectivity index (χ3v) is 4.35. The van der Waals surface area contributed by atoms with E-state index in [0.717, 1.165) is 24.3 Å². The first-order valence-corrected chi connectivity index (χ1v) is 8.54. The van der Waals surface area contributed by atoms with Gasteiger partial charge in [0.15, 0.2) is 13.0 Å². The predicted molar refractivity (Wildman–Crippen MR) is 87.0 cm³/mol. The Hall–Kier alpha value is -3.15. The van der Waals surface area contributed by atoms with Crippen molar-refractivity contribution in [2.45, 2.75) is 25.2 Å². The molecule has 1 N–H and O–H groups in total. The average Bonchev–Trinajstić information content (AvgIpc) is 2.96. The fourth-order valence-electron chi connectivity index (χ4n) is 2.80. The van der Waals surface area contributed by atoms with E-state index in [1.54, 1.807) is 0 Å². The van der Waals surface area contributed by atoms with Crippen molar-refractivity contribution in [1.82, 2.24) is 10.2 Å². The highest BCUT2D eigenvalue weighted by atomic mass is 19.4. The molecule has 1 aromatic carbocycles. The summed E-state index contributed by atoms with van der Waals surface area (Å²) in [4.78, 5) is 26.1. The van der Waals surface area contributed by atoms with E-state index < -0.39 is 35.6 Å². The van der Waals surface area contributed by atoms with E-state index in [9.17, 15) is 27.9 Å². The molecule has 2 amide bonds. The summed E-state index contributed by atoms with van der Waals surface area (Å²) in [6, 6.07) is 3.94. The Balaban J connectivity index is 1.59. The third kappa shape index (κ3) is 4.83. The van der Waals surface area contributed by atoms with Gasteiger partial charge in [0.1, 0.15) is 12.6 Å². The Bertz CT molecular complexity index is 878. The number of aromatic nitrogens is 2. The maximum atomic E-state index is 12.6. The number of morpholine rings is 1. The molecular formula is C17H17F3N4O5. The zero-order valence-electron chi connectivity index (χ0n) is 15.2. The minimum absolute atomic E-state index is 0.0436. The maximum Gasteiger partial charge on any atom is 0.416 e. The first-order chi connectivity index (χ1) is 13.6. The molecule has 0 radical (unpaired) electrons. The van der Waals surface area contributed by atoms with Gasteiger partial charge in [-0.2, -0.15) is 13.2 Å². The van der Waals surface area contributed by atoms with Crippen molar-refractivity contribution in [3.8, 4) is 5.95 Å². The second kappa shape index (κ2) is 8.07. The highest BCUT2D eigenvalue weighted by Gasteiger charge is 2.34. The minimum Gasteiger partial charge on any atom is -0.539 e. The average molecular weight is 414 g/mol. The summed E-state index contributed by atoms with van der Waals surface area (Å²) < 4.78 is 48.8. The van der Waals surface area contributed by atoms with Gasteiger partial charge in [-0.3, -0.25) is 9.59 Å². The molecule has 0 aliphatic carbocycles.